The highest BCUT2D eigenvalue weighted by Crippen LogP contribution is 2.40. The molecule has 1 atom stereocenters. The molecular weight excluding hydrogens is 344 g/mol. The zero-order chi connectivity index (χ0) is 18.6. The normalized spacial score (nSPS) is 26.3. The lowest BCUT2D eigenvalue weighted by atomic mass is 9.76. The van der Waals surface area contributed by atoms with Crippen LogP contribution in [0, 0.1) is 24.7 Å². The third-order valence-electron chi connectivity index (χ3n) is 7.16. The van der Waals surface area contributed by atoms with E-state index in [2.05, 4.69) is 44.2 Å². The Balaban J connectivity index is 1.27. The molecule has 1 unspecified atom stereocenters. The number of allylic oxidation sites excluding steroid dienone is 2. The molecule has 27 heavy (non-hydrogen) atoms. The highest BCUT2D eigenvalue weighted by Gasteiger charge is 2.22. The van der Waals surface area contributed by atoms with Gasteiger partial charge in [0.15, 0.2) is 0 Å². The number of rotatable bonds is 6. The van der Waals surface area contributed by atoms with Gasteiger partial charge in [0.25, 0.3) is 0 Å². The van der Waals surface area contributed by atoms with Crippen molar-refractivity contribution in [2.45, 2.75) is 84.5 Å². The molecule has 0 nitrogen and oxygen atoms in total. The third kappa shape index (κ3) is 4.86. The molecule has 0 bridgehead atoms. The molecule has 2 aliphatic rings. The smallest absolute Gasteiger partial charge is 0.0351 e. The van der Waals surface area contributed by atoms with Crippen LogP contribution in [0.1, 0.15) is 88.0 Å². The summed E-state index contributed by atoms with van der Waals surface area (Å²) in [5.41, 5.74) is 2.99. The zero-order valence-electron chi connectivity index (χ0n) is 17.3. The number of aryl methyl sites for hydroxylation is 1. The van der Waals surface area contributed by atoms with E-state index in [1.165, 1.54) is 91.2 Å². The van der Waals surface area contributed by atoms with Crippen LogP contribution in [0.3, 0.4) is 0 Å². The Hall–Kier alpha value is -1.08. The van der Waals surface area contributed by atoms with Crippen molar-refractivity contribution < 1.29 is 0 Å². The van der Waals surface area contributed by atoms with Crippen LogP contribution in [0.15, 0.2) is 30.3 Å². The van der Waals surface area contributed by atoms with Crippen LogP contribution in [0.2, 0.25) is 0 Å². The van der Waals surface area contributed by atoms with E-state index in [4.69, 9.17) is 0 Å². The van der Waals surface area contributed by atoms with Gasteiger partial charge in [0.1, 0.15) is 0 Å². The topological polar surface area (TPSA) is 0 Å². The summed E-state index contributed by atoms with van der Waals surface area (Å²) in [6, 6.07) is 9.28. The fraction of sp³-hybridized carbons (Fsp3) is 0.615. The quantitative estimate of drug-likeness (QED) is 0.469. The van der Waals surface area contributed by atoms with Crippen LogP contribution in [-0.4, -0.2) is 0 Å². The van der Waals surface area contributed by atoms with Gasteiger partial charge >= 0.3 is 0 Å². The Labute approximate surface area is 170 Å². The lowest BCUT2D eigenvalue weighted by Crippen LogP contribution is -2.16. The van der Waals surface area contributed by atoms with Crippen molar-refractivity contribution in [3.05, 3.63) is 40.8 Å². The molecule has 1 aromatic heterocycles. The van der Waals surface area contributed by atoms with E-state index in [0.717, 1.165) is 17.8 Å². The summed E-state index contributed by atoms with van der Waals surface area (Å²) in [7, 11) is 0. The van der Waals surface area contributed by atoms with E-state index in [9.17, 15) is 0 Å². The predicted molar refractivity (Wildman–Crippen MR) is 121 cm³/mol. The van der Waals surface area contributed by atoms with Crippen molar-refractivity contribution >= 4 is 27.0 Å². The maximum Gasteiger partial charge on any atom is 0.0351 e. The van der Waals surface area contributed by atoms with Gasteiger partial charge in [-0.1, -0.05) is 70.1 Å². The van der Waals surface area contributed by atoms with Gasteiger partial charge in [0.2, 0.25) is 0 Å². The first-order valence-corrected chi connectivity index (χ1v) is 12.2. The average molecular weight is 381 g/mol. The van der Waals surface area contributed by atoms with E-state index in [1.807, 2.05) is 11.3 Å². The van der Waals surface area contributed by atoms with Crippen LogP contribution in [0.25, 0.3) is 15.7 Å². The minimum Gasteiger partial charge on any atom is -0.136 e. The van der Waals surface area contributed by atoms with Gasteiger partial charge in [-0.15, -0.1) is 11.3 Å². The van der Waals surface area contributed by atoms with Crippen LogP contribution in [-0.2, 0) is 0 Å². The molecule has 0 aliphatic heterocycles. The fourth-order valence-corrected chi connectivity index (χ4v) is 6.59. The molecule has 1 saturated carbocycles. The molecule has 4 rings (SSSR count). The maximum atomic E-state index is 2.57. The SMILES string of the molecule is CCCC1CCC(CCC2CC=C(c3cc4ccc(C)cc4s3)CC2)CC1. The fourth-order valence-electron chi connectivity index (χ4n) is 5.36. The molecule has 0 N–H and O–H groups in total. The molecule has 0 saturated heterocycles. The molecule has 1 heterocycles. The predicted octanol–water partition coefficient (Wildman–Crippen LogP) is 8.78. The minimum atomic E-state index is 0.943. The first-order chi connectivity index (χ1) is 13.2. The molecule has 1 aromatic carbocycles. The number of hydrogen-bond donors (Lipinski definition) is 0. The van der Waals surface area contributed by atoms with Gasteiger partial charge in [-0.05, 0) is 79.0 Å². The first kappa shape index (κ1) is 19.2. The Morgan fingerprint density at radius 3 is 2.33 bits per heavy atom. The molecule has 0 spiro atoms. The summed E-state index contributed by atoms with van der Waals surface area (Å²) >= 11 is 1.99. The number of hydrogen-bond acceptors (Lipinski definition) is 1. The van der Waals surface area contributed by atoms with Crippen molar-refractivity contribution in [2.24, 2.45) is 17.8 Å². The van der Waals surface area contributed by atoms with E-state index < -0.39 is 0 Å². The lowest BCUT2D eigenvalue weighted by Gasteiger charge is -2.30. The molecule has 0 amide bonds. The maximum absolute atomic E-state index is 2.57. The zero-order valence-corrected chi connectivity index (χ0v) is 18.1. The molecule has 1 heteroatoms. The number of benzene rings is 1. The van der Waals surface area contributed by atoms with Crippen molar-refractivity contribution in [2.75, 3.05) is 0 Å². The van der Waals surface area contributed by atoms with Crippen LogP contribution in [0.5, 0.6) is 0 Å². The molecule has 2 aromatic rings. The van der Waals surface area contributed by atoms with E-state index in [-0.39, 0.29) is 0 Å². The number of fused-ring (bicyclic) bond motifs is 1. The second-order valence-corrected chi connectivity index (χ2v) is 10.4. The third-order valence-corrected chi connectivity index (χ3v) is 8.33. The average Bonchev–Trinajstić information content (AvgIpc) is 3.11. The summed E-state index contributed by atoms with van der Waals surface area (Å²) < 4.78 is 1.45. The molecule has 146 valence electrons. The van der Waals surface area contributed by atoms with Crippen molar-refractivity contribution in [3.63, 3.8) is 0 Å². The highest BCUT2D eigenvalue weighted by atomic mass is 32.1. The second kappa shape index (κ2) is 8.95. The Morgan fingerprint density at radius 1 is 0.889 bits per heavy atom. The summed E-state index contributed by atoms with van der Waals surface area (Å²) in [4.78, 5) is 1.52. The monoisotopic (exact) mass is 380 g/mol. The van der Waals surface area contributed by atoms with Crippen LogP contribution in [0.4, 0.5) is 0 Å². The van der Waals surface area contributed by atoms with Crippen molar-refractivity contribution in [3.8, 4) is 0 Å². The van der Waals surface area contributed by atoms with Gasteiger partial charge in [0.05, 0.1) is 0 Å². The Morgan fingerprint density at radius 2 is 1.63 bits per heavy atom. The largest absolute Gasteiger partial charge is 0.136 e. The number of thiophene rings is 1. The minimum absolute atomic E-state index is 0.943. The van der Waals surface area contributed by atoms with Crippen molar-refractivity contribution in [1.82, 2.24) is 0 Å². The molecule has 1 fully saturated rings. The van der Waals surface area contributed by atoms with Gasteiger partial charge in [-0.3, -0.25) is 0 Å². The van der Waals surface area contributed by atoms with Gasteiger partial charge in [-0.25, -0.2) is 0 Å². The van der Waals surface area contributed by atoms with Crippen molar-refractivity contribution in [1.29, 1.82) is 0 Å². The highest BCUT2D eigenvalue weighted by molar-refractivity contribution is 7.20. The second-order valence-electron chi connectivity index (χ2n) is 9.27. The first-order valence-electron chi connectivity index (χ1n) is 11.4. The molecule has 0 radical (unpaired) electrons. The molecular formula is C26H36S. The van der Waals surface area contributed by atoms with Gasteiger partial charge in [-0.2, -0.15) is 0 Å². The van der Waals surface area contributed by atoms with Crippen LogP contribution >= 0.6 is 11.3 Å². The van der Waals surface area contributed by atoms with Gasteiger partial charge < -0.3 is 0 Å². The lowest BCUT2D eigenvalue weighted by molar-refractivity contribution is 0.237. The van der Waals surface area contributed by atoms with E-state index in [1.54, 1.807) is 5.57 Å². The summed E-state index contributed by atoms with van der Waals surface area (Å²) in [6.07, 6.45) is 18.5. The standard InChI is InChI=1S/C26H36S/c1-3-4-20-6-8-21(9-7-20)10-11-22-12-15-23(16-13-22)26-18-24-14-5-19(2)17-25(24)27-26/h5,14-15,17-18,20-22H,3-4,6-13,16H2,1-2H3. The van der Waals surface area contributed by atoms with E-state index >= 15 is 0 Å². The Bertz CT molecular complexity index is 773. The summed E-state index contributed by atoms with van der Waals surface area (Å²) in [5.74, 6) is 3.03. The summed E-state index contributed by atoms with van der Waals surface area (Å²) in [6.45, 7) is 4.54. The molecule has 2 aliphatic carbocycles. The van der Waals surface area contributed by atoms with Crippen LogP contribution < -0.4 is 0 Å². The Kier molecular flexibility index (Phi) is 6.38. The van der Waals surface area contributed by atoms with E-state index in [0.29, 0.717) is 0 Å². The van der Waals surface area contributed by atoms with Gasteiger partial charge in [0, 0.05) is 9.58 Å². The summed E-state index contributed by atoms with van der Waals surface area (Å²) in [5, 5.41) is 1.42.